The second kappa shape index (κ2) is 17.2. The van der Waals surface area contributed by atoms with Crippen LogP contribution in [0.15, 0.2) is 205 Å². The van der Waals surface area contributed by atoms with Gasteiger partial charge in [-0.2, -0.15) is 0 Å². The topological polar surface area (TPSA) is 0 Å². The van der Waals surface area contributed by atoms with Crippen molar-refractivity contribution in [2.75, 3.05) is 0 Å². The van der Waals surface area contributed by atoms with E-state index in [1.165, 1.54) is 105 Å². The fraction of sp³-hybridized carbons (Fsp3) is 0.0784. The molecule has 3 aliphatic rings. The van der Waals surface area contributed by atoms with E-state index >= 15 is 0 Å². The molecular weight excluding hydrogens is 775 g/mol. The second-order valence-corrected chi connectivity index (χ2v) is 14.9. The Morgan fingerprint density at radius 1 is 0.593 bits per heavy atom. The van der Waals surface area contributed by atoms with Crippen LogP contribution in [0.25, 0.3) is 22.8 Å². The van der Waals surface area contributed by atoms with E-state index in [2.05, 4.69) is 208 Å². The normalized spacial score (nSPS) is 16.5. The molecule has 0 spiro atoms. The van der Waals surface area contributed by atoms with Gasteiger partial charge < -0.3 is 24.8 Å². The molecule has 0 amide bonds. The standard InChI is InChI=1S/C38H29.C13H10.2ClH.Zr/c1-26-22-23-32-30(24-26)25-33-35(32)34(27-14-6-3-7-15-27)37(29-16-8-4-9-17-29)38(2,31-20-10-5-11-21-31)36(33)28-18-12-13-19-28;1-3-7-12(8-4-1)11-13-9-5-2-6-10-13;;;/h3-18,20-24H,19H2,1-2H3;1-10H;2*1H;/q-1;;;;+2/p-2. The summed E-state index contributed by atoms with van der Waals surface area (Å²) in [4.78, 5) is 0. The molecule has 0 N–H and O–H groups in total. The van der Waals surface area contributed by atoms with Crippen LogP contribution in [-0.2, 0) is 29.7 Å². The predicted octanol–water partition coefficient (Wildman–Crippen LogP) is 4.39. The molecule has 1 unspecified atom stereocenters. The van der Waals surface area contributed by atoms with Gasteiger partial charge in [0.15, 0.2) is 0 Å². The van der Waals surface area contributed by atoms with Gasteiger partial charge in [-0.05, 0) is 41.2 Å². The van der Waals surface area contributed by atoms with Crippen LogP contribution in [0.5, 0.6) is 0 Å². The summed E-state index contributed by atoms with van der Waals surface area (Å²) in [6.45, 7) is 4.60. The van der Waals surface area contributed by atoms with E-state index in [9.17, 15) is 0 Å². The molecular formula is C51H39Cl2Zr-. The second-order valence-electron chi connectivity index (χ2n) is 13.7. The number of aryl methyl sites for hydroxylation is 1. The van der Waals surface area contributed by atoms with E-state index in [-0.39, 0.29) is 30.2 Å². The molecule has 0 saturated heterocycles. The zero-order valence-electron chi connectivity index (χ0n) is 30.4. The van der Waals surface area contributed by atoms with Gasteiger partial charge in [-0.1, -0.05) is 145 Å². The van der Waals surface area contributed by atoms with E-state index in [1.807, 2.05) is 0 Å². The summed E-state index contributed by atoms with van der Waals surface area (Å²) in [7, 11) is 0. The molecule has 0 saturated carbocycles. The first-order valence-electron chi connectivity index (χ1n) is 18.0. The van der Waals surface area contributed by atoms with E-state index in [1.54, 1.807) is 0 Å². The number of rotatable bonds is 6. The monoisotopic (exact) mass is 811 g/mol. The Balaban J connectivity index is 0.000000263. The molecule has 0 aliphatic heterocycles. The molecule has 3 aliphatic carbocycles. The molecule has 0 nitrogen and oxygen atoms in total. The van der Waals surface area contributed by atoms with Gasteiger partial charge in [0.05, 0.1) is 0 Å². The number of fused-ring (bicyclic) bond motifs is 2. The number of hydrogen-bond acceptors (Lipinski definition) is 0. The summed E-state index contributed by atoms with van der Waals surface area (Å²) < 4.78 is 1.42. The van der Waals surface area contributed by atoms with Gasteiger partial charge in [-0.15, -0.1) is 33.7 Å². The van der Waals surface area contributed by atoms with Crippen molar-refractivity contribution in [2.45, 2.75) is 25.7 Å². The molecule has 6 aromatic rings. The van der Waals surface area contributed by atoms with Crippen LogP contribution in [0, 0.1) is 6.92 Å². The molecule has 262 valence electrons. The first-order valence-corrected chi connectivity index (χ1v) is 19.2. The van der Waals surface area contributed by atoms with Crippen molar-refractivity contribution >= 4 is 26.0 Å². The van der Waals surface area contributed by atoms with Crippen LogP contribution >= 0.6 is 0 Å². The average Bonchev–Trinajstić information content (AvgIpc) is 3.87. The maximum atomic E-state index is 3.94. The predicted molar refractivity (Wildman–Crippen MR) is 216 cm³/mol. The summed E-state index contributed by atoms with van der Waals surface area (Å²) in [6, 6.07) is 61.0. The van der Waals surface area contributed by atoms with Crippen molar-refractivity contribution in [1.82, 2.24) is 0 Å². The van der Waals surface area contributed by atoms with Crippen molar-refractivity contribution in [1.29, 1.82) is 0 Å². The molecule has 9 rings (SSSR count). The molecule has 0 heterocycles. The third kappa shape index (κ3) is 7.39. The Labute approximate surface area is 346 Å². The van der Waals surface area contributed by atoms with Crippen LogP contribution in [0.1, 0.15) is 46.7 Å². The van der Waals surface area contributed by atoms with Gasteiger partial charge in [0, 0.05) is 5.41 Å². The maximum absolute atomic E-state index is 3.94. The molecule has 1 atom stereocenters. The zero-order chi connectivity index (χ0) is 35.5. The van der Waals surface area contributed by atoms with Gasteiger partial charge >= 0.3 is 99.2 Å². The van der Waals surface area contributed by atoms with Gasteiger partial charge in [-0.3, -0.25) is 0 Å². The van der Waals surface area contributed by atoms with E-state index in [0.29, 0.717) is 0 Å². The van der Waals surface area contributed by atoms with Crippen molar-refractivity contribution in [3.63, 3.8) is 0 Å². The summed E-state index contributed by atoms with van der Waals surface area (Å²) in [6.07, 6.45) is 11.7. The summed E-state index contributed by atoms with van der Waals surface area (Å²) >= 11 is 1.46. The first-order chi connectivity index (χ1) is 25.5. The Bertz CT molecular complexity index is 2490. The minimum absolute atomic E-state index is 0. The van der Waals surface area contributed by atoms with Gasteiger partial charge in [0.25, 0.3) is 0 Å². The van der Waals surface area contributed by atoms with Crippen molar-refractivity contribution < 1.29 is 49.0 Å². The van der Waals surface area contributed by atoms with Crippen LogP contribution < -0.4 is 35.3 Å². The fourth-order valence-electron chi connectivity index (χ4n) is 7.99. The van der Waals surface area contributed by atoms with E-state index < -0.39 is 0 Å². The third-order valence-corrected chi connectivity index (χ3v) is 11.8. The Morgan fingerprint density at radius 3 is 1.65 bits per heavy atom. The Hall–Kier alpha value is -4.65. The summed E-state index contributed by atoms with van der Waals surface area (Å²) in [5, 5.41) is 2.47. The quantitative estimate of drug-likeness (QED) is 0.219. The van der Waals surface area contributed by atoms with Crippen LogP contribution in [0.4, 0.5) is 0 Å². The van der Waals surface area contributed by atoms with Gasteiger partial charge in [-0.25, -0.2) is 0 Å². The number of benzene rings is 6. The third-order valence-electron chi connectivity index (χ3n) is 10.4. The Morgan fingerprint density at radius 2 is 1.11 bits per heavy atom. The van der Waals surface area contributed by atoms with Crippen LogP contribution in [0.2, 0.25) is 0 Å². The fourth-order valence-corrected chi connectivity index (χ4v) is 8.81. The van der Waals surface area contributed by atoms with Gasteiger partial charge in [0.2, 0.25) is 0 Å². The van der Waals surface area contributed by atoms with E-state index in [0.717, 1.165) is 6.42 Å². The minimum atomic E-state index is -0.380. The van der Waals surface area contributed by atoms with Crippen molar-refractivity contribution in [2.24, 2.45) is 0 Å². The zero-order valence-corrected chi connectivity index (χ0v) is 34.3. The number of halogens is 2. The van der Waals surface area contributed by atoms with Crippen molar-refractivity contribution in [3.8, 4) is 0 Å². The molecule has 0 radical (unpaired) electrons. The van der Waals surface area contributed by atoms with E-state index in [4.69, 9.17) is 0 Å². The first kappa shape index (κ1) is 39.1. The molecule has 3 heteroatoms. The van der Waals surface area contributed by atoms with Crippen LogP contribution in [0.3, 0.4) is 0 Å². The van der Waals surface area contributed by atoms with Gasteiger partial charge in [0.1, 0.15) is 0 Å². The molecule has 6 aromatic carbocycles. The SMILES string of the molecule is Cc1ccc2c(c1)=[C-]C1=C(C3=CC=CC3)C(C)(c3ccccc3)C(c3ccccc3)=C(c3ccccc3)C=21.[Cl-].[Cl-].[Zr+2]=[C](c1ccccc1)c1ccccc1. The van der Waals surface area contributed by atoms with Crippen molar-refractivity contribution in [3.05, 3.63) is 249 Å². The number of hydrogen-bond donors (Lipinski definition) is 0. The molecule has 0 aromatic heterocycles. The van der Waals surface area contributed by atoms with Crippen LogP contribution in [-0.4, -0.2) is 3.21 Å². The molecule has 0 bridgehead atoms. The average molecular weight is 814 g/mol. The Kier molecular flexibility index (Phi) is 12.5. The summed E-state index contributed by atoms with van der Waals surface area (Å²) in [5.41, 5.74) is 15.3. The summed E-state index contributed by atoms with van der Waals surface area (Å²) in [5.74, 6) is 0. The molecule has 54 heavy (non-hydrogen) atoms. The molecule has 0 fully saturated rings. The number of allylic oxidation sites excluding steroid dienone is 8.